The second-order valence-electron chi connectivity index (χ2n) is 20.9. The van der Waals surface area contributed by atoms with Gasteiger partial charge in [0.05, 0.1) is 23.3 Å². The molecule has 7 aliphatic carbocycles. The van der Waals surface area contributed by atoms with Gasteiger partial charge in [-0.3, -0.25) is 29.3 Å². The molecule has 0 spiro atoms. The number of ether oxygens (including phenoxy) is 1. The van der Waals surface area contributed by atoms with Gasteiger partial charge in [0.15, 0.2) is 34.7 Å². The number of rotatable bonds is 8. The fourth-order valence-electron chi connectivity index (χ4n) is 14.5. The number of nitrogens with two attached hydrogens (primary N) is 1. The molecule has 5 saturated carbocycles. The third-order valence-electron chi connectivity index (χ3n) is 17.6. The summed E-state index contributed by atoms with van der Waals surface area (Å²) in [5, 5.41) is 37.1. The highest BCUT2D eigenvalue weighted by molar-refractivity contribution is 6.31. The van der Waals surface area contributed by atoms with E-state index >= 15 is 0 Å². The molecule has 5 fully saturated rings. The van der Waals surface area contributed by atoms with Gasteiger partial charge < -0.3 is 25.8 Å². The maximum Gasteiger partial charge on any atom is 0.412 e. The van der Waals surface area contributed by atoms with Gasteiger partial charge in [-0.25, -0.2) is 4.79 Å². The molecule has 0 aliphatic heterocycles. The normalized spacial score (nSPS) is 41.2. The molecule has 15 atom stereocenters. The average Bonchev–Trinajstić information content (AvgIpc) is 3.54. The number of anilines is 1. The lowest BCUT2D eigenvalue weighted by Gasteiger charge is -2.58. The van der Waals surface area contributed by atoms with Gasteiger partial charge in [-0.2, -0.15) is 0 Å². The van der Waals surface area contributed by atoms with Gasteiger partial charge in [0.2, 0.25) is 5.91 Å². The number of hydrogen-bond acceptors (Lipinski definition) is 10. The zero-order chi connectivity index (χ0) is 43.4. The Morgan fingerprint density at radius 2 is 1.68 bits per heavy atom. The Kier molecular flexibility index (Phi) is 10.8. The van der Waals surface area contributed by atoms with E-state index in [4.69, 9.17) is 10.5 Å². The van der Waals surface area contributed by atoms with E-state index in [1.807, 2.05) is 0 Å². The van der Waals surface area contributed by atoms with Crippen LogP contribution in [0.25, 0.3) is 0 Å². The van der Waals surface area contributed by atoms with Gasteiger partial charge in [0.1, 0.15) is 11.9 Å². The summed E-state index contributed by atoms with van der Waals surface area (Å²) in [6.45, 7) is 13.8. The van der Waals surface area contributed by atoms with Gasteiger partial charge in [-0.1, -0.05) is 78.5 Å². The van der Waals surface area contributed by atoms with Gasteiger partial charge in [0, 0.05) is 24.7 Å². The molecule has 0 saturated heterocycles. The Hall–Kier alpha value is -3.90. The second kappa shape index (κ2) is 15.2. The fraction of sp³-hybridized carbons (Fsp3) is 0.708. The lowest BCUT2D eigenvalue weighted by atomic mass is 9.47. The number of hydrogen-bond donors (Lipinski definition) is 5. The molecule has 8 rings (SSSR count). The van der Waals surface area contributed by atoms with E-state index in [9.17, 15) is 44.1 Å². The van der Waals surface area contributed by atoms with Crippen LogP contribution in [0.1, 0.15) is 140 Å². The molecule has 7 aliphatic rings. The number of phenolic OH excluding ortho intramolecular Hbond substituents is 1. The number of amides is 2. The molecule has 326 valence electrons. The second-order valence-corrected chi connectivity index (χ2v) is 20.9. The Morgan fingerprint density at radius 1 is 0.950 bits per heavy atom. The molecule has 2 amide bonds. The number of benzene rings is 1. The third-order valence-corrected chi connectivity index (χ3v) is 17.6. The third kappa shape index (κ3) is 6.34. The fourth-order valence-corrected chi connectivity index (χ4v) is 14.5. The molecule has 0 aromatic heterocycles. The molecule has 1 aromatic rings. The van der Waals surface area contributed by atoms with Crippen molar-refractivity contribution in [2.45, 2.75) is 142 Å². The Balaban J connectivity index is 0.947. The SMILES string of the molecule is CC(C)CCC[C@@H](C)[C@@H]1CCC2C3CC=C4CC(OC(=O)Nc5ccc6c(c5O)C(=O)C5C(=O)[C@]7(O)C(=O)C(C(N)=O)C(=O)C[C@@H]7[C@@H](O)[C@@H]5[C@H]6C)CC[C@@]4(C)C3CC[C@]21C. The van der Waals surface area contributed by atoms with Crippen LogP contribution in [0.4, 0.5) is 10.5 Å². The molecular formula is C48H64N2O10. The van der Waals surface area contributed by atoms with Crippen LogP contribution in [-0.4, -0.2) is 68.3 Å². The van der Waals surface area contributed by atoms with E-state index in [2.05, 4.69) is 46.0 Å². The zero-order valence-electron chi connectivity index (χ0n) is 36.0. The number of aromatic hydroxyl groups is 1. The van der Waals surface area contributed by atoms with Crippen LogP contribution in [0.3, 0.4) is 0 Å². The van der Waals surface area contributed by atoms with Crippen LogP contribution in [0.2, 0.25) is 0 Å². The largest absolute Gasteiger partial charge is 0.505 e. The highest BCUT2D eigenvalue weighted by Crippen LogP contribution is 2.67. The molecule has 6 unspecified atom stereocenters. The zero-order valence-corrected chi connectivity index (χ0v) is 36.0. The smallest absolute Gasteiger partial charge is 0.412 e. The number of primary amides is 1. The van der Waals surface area contributed by atoms with Crippen molar-refractivity contribution in [3.8, 4) is 5.75 Å². The number of fused-ring (bicyclic) bond motifs is 8. The first kappa shape index (κ1) is 42.8. The molecule has 1 aromatic carbocycles. The number of aliphatic hydroxyl groups excluding tert-OH is 1. The van der Waals surface area contributed by atoms with Gasteiger partial charge >= 0.3 is 6.09 Å². The Labute approximate surface area is 352 Å². The lowest BCUT2D eigenvalue weighted by Crippen LogP contribution is -2.72. The van der Waals surface area contributed by atoms with Crippen molar-refractivity contribution in [3.05, 3.63) is 34.9 Å². The molecule has 0 heterocycles. The number of nitrogens with one attached hydrogen (secondary N) is 1. The predicted octanol–water partition coefficient (Wildman–Crippen LogP) is 6.82. The van der Waals surface area contributed by atoms with Crippen molar-refractivity contribution in [2.24, 2.45) is 75.7 Å². The number of allylic oxidation sites excluding steroid dienone is 1. The van der Waals surface area contributed by atoms with Crippen molar-refractivity contribution < 1.29 is 48.8 Å². The molecule has 0 radical (unpaired) electrons. The van der Waals surface area contributed by atoms with E-state index < -0.39 is 88.6 Å². The quantitative estimate of drug-likeness (QED) is 0.105. The van der Waals surface area contributed by atoms with Crippen LogP contribution in [-0.2, 0) is 23.9 Å². The first-order valence-corrected chi connectivity index (χ1v) is 22.6. The van der Waals surface area contributed by atoms with Crippen LogP contribution in [0.15, 0.2) is 23.8 Å². The molecule has 60 heavy (non-hydrogen) atoms. The van der Waals surface area contributed by atoms with Crippen molar-refractivity contribution in [1.29, 1.82) is 0 Å². The highest BCUT2D eigenvalue weighted by atomic mass is 16.6. The minimum absolute atomic E-state index is 0.0586. The summed E-state index contributed by atoms with van der Waals surface area (Å²) in [7, 11) is 0. The van der Waals surface area contributed by atoms with Gasteiger partial charge in [-0.05, 0) is 109 Å². The van der Waals surface area contributed by atoms with Crippen LogP contribution >= 0.6 is 0 Å². The standard InChI is InChI=1S/C48H64N2O10/c1-22(2)8-7-9-23(3)29-13-14-30-28-11-10-25-20-26(16-18-46(25,5)31(28)17-19-47(29,30)6)60-45(58)50-33-15-12-27-24(4)35-38(41(54)36(27)40(33)53)43(56)48(59)32(39(35)52)21-34(51)37(42(48)55)44(49)57/h10,12,15,22-24,26,28-32,35,37-39,52-53,59H,7-9,11,13-14,16-21H2,1-6H3,(H2,49,57)(H,50,58)/t23-,24+,26?,28?,29+,30?,31?,32-,35-,37?,38?,39-,46-,47+,48-/m1/s1. The predicted molar refractivity (Wildman–Crippen MR) is 222 cm³/mol. The van der Waals surface area contributed by atoms with E-state index in [1.54, 1.807) is 6.92 Å². The summed E-state index contributed by atoms with van der Waals surface area (Å²) >= 11 is 0. The number of phenols is 1. The van der Waals surface area contributed by atoms with Crippen molar-refractivity contribution in [3.63, 3.8) is 0 Å². The number of aliphatic hydroxyl groups is 2. The number of carbonyl (C=O) groups is 6. The van der Waals surface area contributed by atoms with Gasteiger partial charge in [-0.15, -0.1) is 0 Å². The summed E-state index contributed by atoms with van der Waals surface area (Å²) in [5.74, 6) is -9.56. The summed E-state index contributed by atoms with van der Waals surface area (Å²) in [6.07, 6.45) is 11.4. The van der Waals surface area contributed by atoms with Crippen molar-refractivity contribution in [1.82, 2.24) is 0 Å². The first-order valence-electron chi connectivity index (χ1n) is 22.6. The summed E-state index contributed by atoms with van der Waals surface area (Å²) in [4.78, 5) is 79.7. The van der Waals surface area contributed by atoms with Crippen LogP contribution < -0.4 is 11.1 Å². The van der Waals surface area contributed by atoms with E-state index in [0.717, 1.165) is 36.5 Å². The topological polar surface area (TPSA) is 210 Å². The Morgan fingerprint density at radius 3 is 2.38 bits per heavy atom. The minimum atomic E-state index is -3.01. The van der Waals surface area contributed by atoms with Crippen molar-refractivity contribution >= 4 is 40.8 Å². The van der Waals surface area contributed by atoms with Crippen molar-refractivity contribution in [2.75, 3.05) is 5.32 Å². The van der Waals surface area contributed by atoms with E-state index in [1.165, 1.54) is 62.7 Å². The average molecular weight is 829 g/mol. The maximum atomic E-state index is 14.2. The van der Waals surface area contributed by atoms with Crippen LogP contribution in [0, 0.1) is 70.0 Å². The lowest BCUT2D eigenvalue weighted by molar-refractivity contribution is -0.189. The monoisotopic (exact) mass is 828 g/mol. The number of ketones is 4. The molecule has 6 N–H and O–H groups in total. The highest BCUT2D eigenvalue weighted by Gasteiger charge is 2.70. The molecule has 12 nitrogen and oxygen atoms in total. The van der Waals surface area contributed by atoms with E-state index in [0.29, 0.717) is 35.7 Å². The summed E-state index contributed by atoms with van der Waals surface area (Å²) < 4.78 is 5.97. The summed E-state index contributed by atoms with van der Waals surface area (Å²) in [6, 6.07) is 2.95. The minimum Gasteiger partial charge on any atom is -0.505 e. The Bertz CT molecular complexity index is 2040. The molecular weight excluding hydrogens is 765 g/mol. The number of Topliss-reactive ketones (excluding diaryl/α,β-unsaturated/α-hetero) is 4. The van der Waals surface area contributed by atoms with Crippen LogP contribution in [0.5, 0.6) is 5.75 Å². The van der Waals surface area contributed by atoms with E-state index in [-0.39, 0.29) is 22.8 Å². The van der Waals surface area contributed by atoms with Gasteiger partial charge in [0.25, 0.3) is 0 Å². The molecule has 12 heteroatoms. The first-order chi connectivity index (χ1) is 28.2. The summed E-state index contributed by atoms with van der Waals surface area (Å²) in [5.41, 5.74) is 3.97. The maximum absolute atomic E-state index is 14.2. The number of carbonyl (C=O) groups excluding carboxylic acids is 6. The molecule has 0 bridgehead atoms.